The molecule has 2 saturated heterocycles. The molecule has 0 bridgehead atoms. The number of hydrogen-bond donors (Lipinski definition) is 2. The van der Waals surface area contributed by atoms with Crippen LogP contribution in [0.3, 0.4) is 0 Å². The molecule has 0 aliphatic carbocycles. The maximum absolute atomic E-state index is 11.2. The van der Waals surface area contributed by atoms with E-state index in [1.54, 1.807) is 0 Å². The highest BCUT2D eigenvalue weighted by molar-refractivity contribution is 5.73. The van der Waals surface area contributed by atoms with E-state index in [2.05, 4.69) is 17.1 Å². The third-order valence-corrected chi connectivity index (χ3v) is 4.17. The lowest BCUT2D eigenvalue weighted by atomic mass is 10.0. The third-order valence-electron chi connectivity index (χ3n) is 4.17. The normalized spacial score (nSPS) is 30.4. The molecule has 3 atom stereocenters. The van der Waals surface area contributed by atoms with Crippen molar-refractivity contribution in [1.82, 2.24) is 10.2 Å². The first-order chi connectivity index (χ1) is 8.22. The Hall–Kier alpha value is -0.610. The molecule has 2 aliphatic heterocycles. The van der Waals surface area contributed by atoms with Crippen LogP contribution < -0.4 is 5.32 Å². The first-order valence-corrected chi connectivity index (χ1v) is 6.95. The van der Waals surface area contributed by atoms with Gasteiger partial charge in [-0.15, -0.1) is 0 Å². The highest BCUT2D eigenvalue weighted by Gasteiger charge is 2.38. The summed E-state index contributed by atoms with van der Waals surface area (Å²) in [4.78, 5) is 13.7. The SMILES string of the molecule is CCCCC(NC1CCN2CCCC12)C(=O)O. The topological polar surface area (TPSA) is 52.6 Å². The predicted molar refractivity (Wildman–Crippen MR) is 67.1 cm³/mol. The number of unbranched alkanes of at least 4 members (excludes halogenated alkanes) is 1. The molecule has 0 aromatic heterocycles. The van der Waals surface area contributed by atoms with Crippen LogP contribution in [0.15, 0.2) is 0 Å². The lowest BCUT2D eigenvalue weighted by molar-refractivity contribution is -0.140. The van der Waals surface area contributed by atoms with Crippen LogP contribution in [0.1, 0.15) is 45.4 Å². The summed E-state index contributed by atoms with van der Waals surface area (Å²) in [6, 6.07) is 0.648. The van der Waals surface area contributed by atoms with Crippen molar-refractivity contribution in [2.45, 2.75) is 63.6 Å². The minimum absolute atomic E-state index is 0.347. The molecule has 4 heteroatoms. The highest BCUT2D eigenvalue weighted by atomic mass is 16.4. The maximum Gasteiger partial charge on any atom is 0.320 e. The van der Waals surface area contributed by atoms with Crippen LogP contribution in [0.5, 0.6) is 0 Å². The number of hydrogen-bond acceptors (Lipinski definition) is 3. The molecular weight excluding hydrogens is 216 g/mol. The first kappa shape index (κ1) is 12.8. The lowest BCUT2D eigenvalue weighted by Crippen LogP contribution is -2.47. The average Bonchev–Trinajstić information content (AvgIpc) is 2.87. The number of aliphatic carboxylic acids is 1. The molecule has 2 fully saturated rings. The van der Waals surface area contributed by atoms with Crippen molar-refractivity contribution in [2.24, 2.45) is 0 Å². The Morgan fingerprint density at radius 2 is 2.29 bits per heavy atom. The number of nitrogens with one attached hydrogen (secondary N) is 1. The molecule has 0 spiro atoms. The summed E-state index contributed by atoms with van der Waals surface area (Å²) in [7, 11) is 0. The van der Waals surface area contributed by atoms with Gasteiger partial charge >= 0.3 is 5.97 Å². The minimum Gasteiger partial charge on any atom is -0.480 e. The second-order valence-corrected chi connectivity index (χ2v) is 5.34. The number of rotatable bonds is 6. The summed E-state index contributed by atoms with van der Waals surface area (Å²) in [5.41, 5.74) is 0. The zero-order valence-corrected chi connectivity index (χ0v) is 10.7. The second-order valence-electron chi connectivity index (χ2n) is 5.34. The highest BCUT2D eigenvalue weighted by Crippen LogP contribution is 2.28. The fourth-order valence-electron chi connectivity index (χ4n) is 3.22. The van der Waals surface area contributed by atoms with Crippen molar-refractivity contribution in [2.75, 3.05) is 13.1 Å². The van der Waals surface area contributed by atoms with Gasteiger partial charge in [0, 0.05) is 18.6 Å². The van der Waals surface area contributed by atoms with E-state index >= 15 is 0 Å². The van der Waals surface area contributed by atoms with Gasteiger partial charge in [-0.2, -0.15) is 0 Å². The molecule has 2 aliphatic rings. The van der Waals surface area contributed by atoms with E-state index in [1.807, 2.05) is 0 Å². The van der Waals surface area contributed by atoms with Crippen LogP contribution in [0, 0.1) is 0 Å². The van der Waals surface area contributed by atoms with E-state index in [0.717, 1.165) is 32.2 Å². The Kier molecular flexibility index (Phi) is 4.40. The van der Waals surface area contributed by atoms with Crippen molar-refractivity contribution in [3.8, 4) is 0 Å². The number of carboxylic acid groups (broad SMARTS) is 1. The molecule has 4 nitrogen and oxygen atoms in total. The number of fused-ring (bicyclic) bond motifs is 1. The Balaban J connectivity index is 1.86. The Bertz CT molecular complexity index is 270. The summed E-state index contributed by atoms with van der Waals surface area (Å²) in [6.07, 6.45) is 6.43. The van der Waals surface area contributed by atoms with E-state index in [9.17, 15) is 9.90 Å². The van der Waals surface area contributed by atoms with Crippen LogP contribution >= 0.6 is 0 Å². The van der Waals surface area contributed by atoms with Gasteiger partial charge in [-0.05, 0) is 32.2 Å². The zero-order valence-electron chi connectivity index (χ0n) is 10.7. The fraction of sp³-hybridized carbons (Fsp3) is 0.923. The predicted octanol–water partition coefficient (Wildman–Crippen LogP) is 1.46. The minimum atomic E-state index is -0.685. The summed E-state index contributed by atoms with van der Waals surface area (Å²) in [5, 5.41) is 12.6. The zero-order chi connectivity index (χ0) is 12.3. The van der Waals surface area contributed by atoms with E-state index in [-0.39, 0.29) is 6.04 Å². The third kappa shape index (κ3) is 2.99. The largest absolute Gasteiger partial charge is 0.480 e. The van der Waals surface area contributed by atoms with E-state index in [1.165, 1.54) is 19.4 Å². The van der Waals surface area contributed by atoms with Crippen molar-refractivity contribution < 1.29 is 9.90 Å². The second kappa shape index (κ2) is 5.83. The van der Waals surface area contributed by atoms with E-state index in [4.69, 9.17) is 0 Å². The van der Waals surface area contributed by atoms with Crippen LogP contribution in [-0.4, -0.2) is 47.2 Å². The summed E-state index contributed by atoms with van der Waals surface area (Å²) in [5.74, 6) is -0.685. The van der Waals surface area contributed by atoms with Crippen LogP contribution in [0.2, 0.25) is 0 Å². The van der Waals surface area contributed by atoms with Crippen molar-refractivity contribution in [1.29, 1.82) is 0 Å². The molecule has 3 unspecified atom stereocenters. The molecule has 17 heavy (non-hydrogen) atoms. The van der Waals surface area contributed by atoms with E-state index in [0.29, 0.717) is 12.1 Å². The Labute approximate surface area is 103 Å². The molecule has 0 aromatic rings. The molecule has 2 heterocycles. The van der Waals surface area contributed by atoms with Gasteiger partial charge in [-0.25, -0.2) is 0 Å². The number of carbonyl (C=O) groups is 1. The smallest absolute Gasteiger partial charge is 0.320 e. The monoisotopic (exact) mass is 240 g/mol. The van der Waals surface area contributed by atoms with Gasteiger partial charge in [0.2, 0.25) is 0 Å². The van der Waals surface area contributed by atoms with Gasteiger partial charge in [-0.1, -0.05) is 19.8 Å². The van der Waals surface area contributed by atoms with Crippen molar-refractivity contribution in [3.63, 3.8) is 0 Å². The molecule has 2 rings (SSSR count). The Morgan fingerprint density at radius 1 is 1.47 bits per heavy atom. The van der Waals surface area contributed by atoms with E-state index < -0.39 is 5.97 Å². The quantitative estimate of drug-likeness (QED) is 0.738. The number of carboxylic acids is 1. The fourth-order valence-corrected chi connectivity index (χ4v) is 3.22. The summed E-state index contributed by atoms with van der Waals surface area (Å²) in [6.45, 7) is 4.45. The molecular formula is C13H24N2O2. The lowest BCUT2D eigenvalue weighted by Gasteiger charge is -2.25. The van der Waals surface area contributed by atoms with Gasteiger partial charge in [0.15, 0.2) is 0 Å². The Morgan fingerprint density at radius 3 is 3.00 bits per heavy atom. The summed E-state index contributed by atoms with van der Waals surface area (Å²) >= 11 is 0. The molecule has 0 radical (unpaired) electrons. The first-order valence-electron chi connectivity index (χ1n) is 6.95. The van der Waals surface area contributed by atoms with Gasteiger partial charge in [0.25, 0.3) is 0 Å². The molecule has 0 amide bonds. The summed E-state index contributed by atoms with van der Waals surface area (Å²) < 4.78 is 0. The van der Waals surface area contributed by atoms with Gasteiger partial charge < -0.3 is 5.11 Å². The molecule has 2 N–H and O–H groups in total. The standard InChI is InChI=1S/C13H24N2O2/c1-2-3-5-11(13(16)17)14-10-7-9-15-8-4-6-12(10)15/h10-12,14H,2-9H2,1H3,(H,16,17). The van der Waals surface area contributed by atoms with Crippen LogP contribution in [0.25, 0.3) is 0 Å². The molecule has 0 aromatic carbocycles. The van der Waals surface area contributed by atoms with Crippen molar-refractivity contribution in [3.05, 3.63) is 0 Å². The number of nitrogens with zero attached hydrogens (tertiary/aromatic N) is 1. The average molecular weight is 240 g/mol. The van der Waals surface area contributed by atoms with Crippen molar-refractivity contribution >= 4 is 5.97 Å². The molecule has 0 saturated carbocycles. The molecule has 98 valence electrons. The van der Waals surface area contributed by atoms with Gasteiger partial charge in [-0.3, -0.25) is 15.0 Å². The van der Waals surface area contributed by atoms with Crippen LogP contribution in [0.4, 0.5) is 0 Å². The van der Waals surface area contributed by atoms with Gasteiger partial charge in [0.1, 0.15) is 6.04 Å². The maximum atomic E-state index is 11.2. The van der Waals surface area contributed by atoms with Crippen LogP contribution in [-0.2, 0) is 4.79 Å². The van der Waals surface area contributed by atoms with Gasteiger partial charge in [0.05, 0.1) is 0 Å².